The lowest BCUT2D eigenvalue weighted by Gasteiger charge is -2.31. The van der Waals surface area contributed by atoms with Crippen molar-refractivity contribution in [2.75, 3.05) is 4.90 Å². The number of hydrogen-bond donors (Lipinski definition) is 0. The number of carbonyl (C=O) groups is 1. The van der Waals surface area contributed by atoms with Crippen molar-refractivity contribution < 1.29 is 4.79 Å². The van der Waals surface area contributed by atoms with Crippen molar-refractivity contribution in [3.05, 3.63) is 96.1 Å². The third kappa shape index (κ3) is 3.61. The number of anilines is 1. The molecule has 0 spiro atoms. The van der Waals surface area contributed by atoms with E-state index in [1.54, 1.807) is 0 Å². The molecule has 3 aromatic carbocycles. The lowest BCUT2D eigenvalue weighted by atomic mass is 9.95. The lowest BCUT2D eigenvalue weighted by Crippen LogP contribution is -2.35. The first kappa shape index (κ1) is 18.2. The first-order chi connectivity index (χ1) is 13.8. The zero-order valence-corrected chi connectivity index (χ0v) is 16.1. The smallest absolute Gasteiger partial charge is 0.227 e. The monoisotopic (exact) mass is 368 g/mol. The molecular formula is C25H24N2O. The number of carbonyl (C=O) groups excluding carboxylic acids is 1. The quantitative estimate of drug-likeness (QED) is 0.549. The first-order valence-electron chi connectivity index (χ1n) is 9.87. The van der Waals surface area contributed by atoms with Gasteiger partial charge in [-0.05, 0) is 29.7 Å². The lowest BCUT2D eigenvalue weighted by molar-refractivity contribution is -0.119. The van der Waals surface area contributed by atoms with Gasteiger partial charge in [0.1, 0.15) is 0 Å². The highest BCUT2D eigenvalue weighted by molar-refractivity contribution is 6.07. The minimum Gasteiger partial charge on any atom is -0.302 e. The van der Waals surface area contributed by atoms with Crippen LogP contribution in [0, 0.1) is 0 Å². The molecule has 0 N–H and O–H groups in total. The molecule has 0 radical (unpaired) electrons. The van der Waals surface area contributed by atoms with Crippen molar-refractivity contribution in [2.24, 2.45) is 4.99 Å². The Morgan fingerprint density at radius 3 is 2.29 bits per heavy atom. The summed E-state index contributed by atoms with van der Waals surface area (Å²) in [4.78, 5) is 20.2. The van der Waals surface area contributed by atoms with Crippen LogP contribution in [0.25, 0.3) is 0 Å². The summed E-state index contributed by atoms with van der Waals surface area (Å²) in [7, 11) is 0. The van der Waals surface area contributed by atoms with Crippen molar-refractivity contribution in [3.8, 4) is 0 Å². The van der Waals surface area contributed by atoms with Crippen LogP contribution in [0.1, 0.15) is 43.4 Å². The van der Waals surface area contributed by atoms with Crippen LogP contribution in [0.5, 0.6) is 0 Å². The fraction of sp³-hybridized carbons (Fsp3) is 0.200. The zero-order chi connectivity index (χ0) is 19.3. The standard InChI is InChI=1S/C25H24N2O/c1-2-11-25(28)27-23-17-10-9-16-21(23)26-22(19-12-5-3-6-13-19)18-24(27)20-14-7-4-8-15-20/h3-10,12-17,24H,2,11,18H2,1H3. The number of benzene rings is 3. The van der Waals surface area contributed by atoms with E-state index in [4.69, 9.17) is 4.99 Å². The summed E-state index contributed by atoms with van der Waals surface area (Å²) in [6, 6.07) is 28.4. The Morgan fingerprint density at radius 1 is 0.929 bits per heavy atom. The molecule has 1 amide bonds. The van der Waals surface area contributed by atoms with E-state index in [2.05, 4.69) is 24.3 Å². The second-order valence-electron chi connectivity index (χ2n) is 7.06. The summed E-state index contributed by atoms with van der Waals surface area (Å²) in [6.07, 6.45) is 2.03. The molecule has 3 nitrogen and oxygen atoms in total. The molecule has 1 unspecified atom stereocenters. The maximum Gasteiger partial charge on any atom is 0.227 e. The van der Waals surface area contributed by atoms with Gasteiger partial charge in [-0.25, -0.2) is 0 Å². The number of para-hydroxylation sites is 2. The predicted octanol–water partition coefficient (Wildman–Crippen LogP) is 6.09. The van der Waals surface area contributed by atoms with Gasteiger partial charge in [0.2, 0.25) is 5.91 Å². The Morgan fingerprint density at radius 2 is 1.57 bits per heavy atom. The number of fused-ring (bicyclic) bond motifs is 1. The van der Waals surface area contributed by atoms with E-state index in [1.807, 2.05) is 72.5 Å². The van der Waals surface area contributed by atoms with Gasteiger partial charge in [0.25, 0.3) is 0 Å². The highest BCUT2D eigenvalue weighted by atomic mass is 16.2. The van der Waals surface area contributed by atoms with E-state index in [0.29, 0.717) is 12.8 Å². The Balaban J connectivity index is 1.89. The van der Waals surface area contributed by atoms with Crippen LogP contribution in [-0.4, -0.2) is 11.6 Å². The van der Waals surface area contributed by atoms with Crippen LogP contribution < -0.4 is 4.90 Å². The molecule has 0 saturated heterocycles. The molecule has 28 heavy (non-hydrogen) atoms. The van der Waals surface area contributed by atoms with E-state index in [1.165, 1.54) is 0 Å². The molecule has 0 fully saturated rings. The van der Waals surface area contributed by atoms with Gasteiger partial charge < -0.3 is 4.90 Å². The number of amides is 1. The number of nitrogens with zero attached hydrogens (tertiary/aromatic N) is 2. The van der Waals surface area contributed by atoms with E-state index in [-0.39, 0.29) is 11.9 Å². The molecule has 1 atom stereocenters. The summed E-state index contributed by atoms with van der Waals surface area (Å²) < 4.78 is 0. The third-order valence-corrected chi connectivity index (χ3v) is 5.12. The fourth-order valence-electron chi connectivity index (χ4n) is 3.79. The Kier molecular flexibility index (Phi) is 5.34. The van der Waals surface area contributed by atoms with Crippen molar-refractivity contribution in [2.45, 2.75) is 32.2 Å². The van der Waals surface area contributed by atoms with E-state index in [9.17, 15) is 4.79 Å². The Labute approximate surface area is 166 Å². The molecule has 0 aromatic heterocycles. The van der Waals surface area contributed by atoms with E-state index < -0.39 is 0 Å². The van der Waals surface area contributed by atoms with Gasteiger partial charge in [-0.3, -0.25) is 9.79 Å². The molecule has 4 rings (SSSR count). The highest BCUT2D eigenvalue weighted by Gasteiger charge is 2.31. The van der Waals surface area contributed by atoms with Gasteiger partial charge in [-0.2, -0.15) is 0 Å². The van der Waals surface area contributed by atoms with Gasteiger partial charge in [-0.1, -0.05) is 79.7 Å². The number of aliphatic imine (C=N–C) groups is 1. The van der Waals surface area contributed by atoms with Crippen LogP contribution in [0.3, 0.4) is 0 Å². The fourth-order valence-corrected chi connectivity index (χ4v) is 3.79. The second-order valence-corrected chi connectivity index (χ2v) is 7.06. The molecule has 3 heteroatoms. The van der Waals surface area contributed by atoms with E-state index in [0.717, 1.165) is 34.6 Å². The molecule has 1 heterocycles. The Hall–Kier alpha value is -3.20. The van der Waals surface area contributed by atoms with Crippen LogP contribution in [0.15, 0.2) is 89.9 Å². The molecule has 140 valence electrons. The minimum atomic E-state index is -0.0807. The van der Waals surface area contributed by atoms with Gasteiger partial charge in [0, 0.05) is 12.8 Å². The maximum absolute atomic E-state index is 13.2. The third-order valence-electron chi connectivity index (χ3n) is 5.12. The van der Waals surface area contributed by atoms with Gasteiger partial charge in [0.05, 0.1) is 23.1 Å². The molecule has 1 aliphatic heterocycles. The number of rotatable bonds is 4. The molecule has 0 saturated carbocycles. The van der Waals surface area contributed by atoms with Gasteiger partial charge in [0.15, 0.2) is 0 Å². The summed E-state index contributed by atoms with van der Waals surface area (Å²) in [6.45, 7) is 2.05. The second kappa shape index (κ2) is 8.22. The van der Waals surface area contributed by atoms with Gasteiger partial charge in [-0.15, -0.1) is 0 Å². The summed E-state index contributed by atoms with van der Waals surface area (Å²) >= 11 is 0. The van der Waals surface area contributed by atoms with Gasteiger partial charge >= 0.3 is 0 Å². The SMILES string of the molecule is CCCC(=O)N1c2ccccc2N=C(c2ccccc2)CC1c1ccccc1. The number of hydrogen-bond acceptors (Lipinski definition) is 2. The van der Waals surface area contributed by atoms with Crippen molar-refractivity contribution in [1.29, 1.82) is 0 Å². The summed E-state index contributed by atoms with van der Waals surface area (Å²) in [5.74, 6) is 0.147. The van der Waals surface area contributed by atoms with Crippen molar-refractivity contribution in [1.82, 2.24) is 0 Å². The average Bonchev–Trinajstić information content (AvgIpc) is 2.92. The molecule has 3 aromatic rings. The minimum absolute atomic E-state index is 0.0807. The topological polar surface area (TPSA) is 32.7 Å². The van der Waals surface area contributed by atoms with Crippen LogP contribution in [-0.2, 0) is 4.79 Å². The first-order valence-corrected chi connectivity index (χ1v) is 9.87. The van der Waals surface area contributed by atoms with Crippen LogP contribution in [0.4, 0.5) is 11.4 Å². The maximum atomic E-state index is 13.2. The van der Waals surface area contributed by atoms with Crippen molar-refractivity contribution in [3.63, 3.8) is 0 Å². The normalized spacial score (nSPS) is 16.1. The summed E-state index contributed by atoms with van der Waals surface area (Å²) in [5, 5.41) is 0. The molecule has 1 aliphatic rings. The van der Waals surface area contributed by atoms with Crippen LogP contribution >= 0.6 is 0 Å². The average molecular weight is 368 g/mol. The highest BCUT2D eigenvalue weighted by Crippen LogP contribution is 2.41. The predicted molar refractivity (Wildman–Crippen MR) is 115 cm³/mol. The largest absolute Gasteiger partial charge is 0.302 e. The Bertz CT molecular complexity index is 980. The summed E-state index contributed by atoms with van der Waals surface area (Å²) in [5.41, 5.74) is 4.98. The molecular weight excluding hydrogens is 344 g/mol. The van der Waals surface area contributed by atoms with E-state index >= 15 is 0 Å². The van der Waals surface area contributed by atoms with Crippen molar-refractivity contribution >= 4 is 23.0 Å². The van der Waals surface area contributed by atoms with Crippen LogP contribution in [0.2, 0.25) is 0 Å². The zero-order valence-electron chi connectivity index (χ0n) is 16.1. The molecule has 0 bridgehead atoms. The molecule has 0 aliphatic carbocycles.